The van der Waals surface area contributed by atoms with Gasteiger partial charge in [0.2, 0.25) is 0 Å². The van der Waals surface area contributed by atoms with E-state index in [1.165, 1.54) is 31.4 Å². The summed E-state index contributed by atoms with van der Waals surface area (Å²) in [4.78, 5) is 8.36. The molecule has 1 fully saturated rings. The van der Waals surface area contributed by atoms with Crippen LogP contribution in [0.1, 0.15) is 69.4 Å². The fourth-order valence-corrected chi connectivity index (χ4v) is 3.45. The van der Waals surface area contributed by atoms with Gasteiger partial charge in [-0.25, -0.2) is 4.98 Å². The molecule has 0 aliphatic heterocycles. The molecule has 0 aromatic carbocycles. The minimum absolute atomic E-state index is 0.144. The van der Waals surface area contributed by atoms with Crippen LogP contribution in [0.15, 0.2) is 0 Å². The standard InChI is InChI=1S/C15H26N2OS/c1-4-6-9-17(11(3)5-2)15-16-14(12-7-8-12)13(10-18)19-15/h11-12,18H,4-10H2,1-3H3. The van der Waals surface area contributed by atoms with E-state index in [9.17, 15) is 5.11 Å². The topological polar surface area (TPSA) is 36.4 Å². The van der Waals surface area contributed by atoms with Crippen LogP contribution in [0.5, 0.6) is 0 Å². The van der Waals surface area contributed by atoms with Crippen molar-refractivity contribution in [3.8, 4) is 0 Å². The van der Waals surface area contributed by atoms with Crippen molar-refractivity contribution in [2.24, 2.45) is 0 Å². The van der Waals surface area contributed by atoms with Crippen molar-refractivity contribution >= 4 is 16.5 Å². The van der Waals surface area contributed by atoms with Crippen molar-refractivity contribution in [3.63, 3.8) is 0 Å². The van der Waals surface area contributed by atoms with E-state index in [0.29, 0.717) is 12.0 Å². The lowest BCUT2D eigenvalue weighted by molar-refractivity contribution is 0.284. The Bertz CT molecular complexity index is 401. The third-order valence-corrected chi connectivity index (χ3v) is 5.04. The third kappa shape index (κ3) is 3.48. The van der Waals surface area contributed by atoms with Gasteiger partial charge in [-0.2, -0.15) is 0 Å². The first-order valence-corrected chi connectivity index (χ1v) is 8.39. The quantitative estimate of drug-likeness (QED) is 0.785. The van der Waals surface area contributed by atoms with Crippen molar-refractivity contribution in [3.05, 3.63) is 10.6 Å². The van der Waals surface area contributed by atoms with Crippen LogP contribution in [0.2, 0.25) is 0 Å². The fraction of sp³-hybridized carbons (Fsp3) is 0.800. The highest BCUT2D eigenvalue weighted by atomic mass is 32.1. The molecule has 3 nitrogen and oxygen atoms in total. The molecule has 1 heterocycles. The lowest BCUT2D eigenvalue weighted by atomic mass is 10.2. The molecule has 19 heavy (non-hydrogen) atoms. The van der Waals surface area contributed by atoms with E-state index in [1.54, 1.807) is 11.3 Å². The molecule has 1 atom stereocenters. The van der Waals surface area contributed by atoms with Gasteiger partial charge >= 0.3 is 0 Å². The zero-order valence-electron chi connectivity index (χ0n) is 12.4. The third-order valence-electron chi connectivity index (χ3n) is 3.95. The highest BCUT2D eigenvalue weighted by molar-refractivity contribution is 7.15. The molecule has 0 amide bonds. The van der Waals surface area contributed by atoms with E-state index < -0.39 is 0 Å². The first kappa shape index (κ1) is 14.8. The molecule has 108 valence electrons. The van der Waals surface area contributed by atoms with Gasteiger partial charge < -0.3 is 10.0 Å². The van der Waals surface area contributed by atoms with Crippen LogP contribution < -0.4 is 4.90 Å². The largest absolute Gasteiger partial charge is 0.391 e. The smallest absolute Gasteiger partial charge is 0.186 e. The van der Waals surface area contributed by atoms with Crippen molar-refractivity contribution < 1.29 is 5.11 Å². The molecule has 0 saturated heterocycles. The van der Waals surface area contributed by atoms with E-state index >= 15 is 0 Å². The predicted molar refractivity (Wildman–Crippen MR) is 82.0 cm³/mol. The molecular formula is C15H26N2OS. The van der Waals surface area contributed by atoms with Crippen LogP contribution >= 0.6 is 11.3 Å². The average Bonchev–Trinajstić information content (AvgIpc) is 3.19. The zero-order chi connectivity index (χ0) is 13.8. The number of unbranched alkanes of at least 4 members (excludes halogenated alkanes) is 1. The fourth-order valence-electron chi connectivity index (χ4n) is 2.32. The van der Waals surface area contributed by atoms with Gasteiger partial charge in [0.25, 0.3) is 0 Å². The minimum atomic E-state index is 0.144. The molecule has 1 aliphatic carbocycles. The Morgan fingerprint density at radius 3 is 2.68 bits per heavy atom. The van der Waals surface area contributed by atoms with Crippen molar-refractivity contribution in [2.45, 2.75) is 71.4 Å². The van der Waals surface area contributed by atoms with Gasteiger partial charge in [-0.05, 0) is 32.6 Å². The number of nitrogens with zero attached hydrogens (tertiary/aromatic N) is 2. The van der Waals surface area contributed by atoms with E-state index in [0.717, 1.165) is 23.0 Å². The number of rotatable bonds is 8. The molecular weight excluding hydrogens is 256 g/mol. The summed E-state index contributed by atoms with van der Waals surface area (Å²) in [5.41, 5.74) is 1.17. The first-order valence-electron chi connectivity index (χ1n) is 7.58. The molecule has 0 radical (unpaired) electrons. The van der Waals surface area contributed by atoms with Gasteiger partial charge in [-0.3, -0.25) is 0 Å². The van der Waals surface area contributed by atoms with Crippen molar-refractivity contribution in [2.75, 3.05) is 11.4 Å². The zero-order valence-corrected chi connectivity index (χ0v) is 13.2. The van der Waals surface area contributed by atoms with Crippen LogP contribution in [0.3, 0.4) is 0 Å². The summed E-state index contributed by atoms with van der Waals surface area (Å²) in [7, 11) is 0. The van der Waals surface area contributed by atoms with Crippen molar-refractivity contribution in [1.82, 2.24) is 4.98 Å². The molecule has 1 aromatic rings. The monoisotopic (exact) mass is 282 g/mol. The van der Waals surface area contributed by atoms with Crippen LogP contribution in [-0.2, 0) is 6.61 Å². The lowest BCUT2D eigenvalue weighted by Gasteiger charge is -2.28. The van der Waals surface area contributed by atoms with Gasteiger partial charge in [-0.1, -0.05) is 31.6 Å². The second-order valence-corrected chi connectivity index (χ2v) is 6.60. The Labute approximate surface area is 120 Å². The summed E-state index contributed by atoms with van der Waals surface area (Å²) in [6, 6.07) is 0.524. The van der Waals surface area contributed by atoms with Crippen LogP contribution in [-0.4, -0.2) is 22.7 Å². The van der Waals surface area contributed by atoms with E-state index in [-0.39, 0.29) is 6.61 Å². The maximum Gasteiger partial charge on any atom is 0.186 e. The number of aliphatic hydroxyl groups is 1. The van der Waals surface area contributed by atoms with Gasteiger partial charge in [0.1, 0.15) is 0 Å². The second kappa shape index (κ2) is 6.71. The maximum atomic E-state index is 9.51. The number of thiazole rings is 1. The molecule has 4 heteroatoms. The number of hydrogen-bond donors (Lipinski definition) is 1. The molecule has 1 saturated carbocycles. The summed E-state index contributed by atoms with van der Waals surface area (Å²) in [5.74, 6) is 0.622. The Morgan fingerprint density at radius 2 is 2.16 bits per heavy atom. The number of hydrogen-bond acceptors (Lipinski definition) is 4. The number of anilines is 1. The van der Waals surface area contributed by atoms with Gasteiger partial charge in [0.15, 0.2) is 5.13 Å². The van der Waals surface area contributed by atoms with Gasteiger partial charge in [0.05, 0.1) is 17.2 Å². The predicted octanol–water partition coefficient (Wildman–Crippen LogP) is 3.92. The van der Waals surface area contributed by atoms with Crippen LogP contribution in [0, 0.1) is 0 Å². The normalized spacial score (nSPS) is 16.6. The van der Waals surface area contributed by atoms with Crippen molar-refractivity contribution in [1.29, 1.82) is 0 Å². The summed E-state index contributed by atoms with van der Waals surface area (Å²) in [6.45, 7) is 7.95. The highest BCUT2D eigenvalue weighted by Crippen LogP contribution is 2.44. The average molecular weight is 282 g/mol. The summed E-state index contributed by atoms with van der Waals surface area (Å²) >= 11 is 1.69. The summed E-state index contributed by atoms with van der Waals surface area (Å²) in [5, 5.41) is 10.6. The lowest BCUT2D eigenvalue weighted by Crippen LogP contribution is -2.33. The Balaban J connectivity index is 2.19. The molecule has 1 aliphatic rings. The van der Waals surface area contributed by atoms with Crippen LogP contribution in [0.25, 0.3) is 0 Å². The molecule has 0 bridgehead atoms. The molecule has 1 N–H and O–H groups in total. The highest BCUT2D eigenvalue weighted by Gasteiger charge is 2.30. The number of aromatic nitrogens is 1. The first-order chi connectivity index (χ1) is 9.21. The molecule has 0 spiro atoms. The molecule has 1 aromatic heterocycles. The SMILES string of the molecule is CCCCN(c1nc(C2CC2)c(CO)s1)C(C)CC. The second-order valence-electron chi connectivity index (χ2n) is 5.54. The molecule has 1 unspecified atom stereocenters. The Kier molecular flexibility index (Phi) is 5.22. The summed E-state index contributed by atoms with van der Waals surface area (Å²) in [6.07, 6.45) is 6.04. The van der Waals surface area contributed by atoms with Crippen LogP contribution in [0.4, 0.5) is 5.13 Å². The van der Waals surface area contributed by atoms with E-state index in [4.69, 9.17) is 4.98 Å². The minimum Gasteiger partial charge on any atom is -0.391 e. The Morgan fingerprint density at radius 1 is 1.42 bits per heavy atom. The van der Waals surface area contributed by atoms with Gasteiger partial charge in [-0.15, -0.1) is 0 Å². The summed E-state index contributed by atoms with van der Waals surface area (Å²) < 4.78 is 0. The van der Waals surface area contributed by atoms with E-state index in [2.05, 4.69) is 25.7 Å². The maximum absolute atomic E-state index is 9.51. The molecule has 2 rings (SSSR count). The van der Waals surface area contributed by atoms with Gasteiger partial charge in [0, 0.05) is 18.5 Å². The Hall–Kier alpha value is -0.610. The van der Waals surface area contributed by atoms with E-state index in [1.807, 2.05) is 0 Å². The number of aliphatic hydroxyl groups excluding tert-OH is 1.